The Morgan fingerprint density at radius 2 is 1.58 bits per heavy atom. The summed E-state index contributed by atoms with van der Waals surface area (Å²) >= 11 is 0. The summed E-state index contributed by atoms with van der Waals surface area (Å²) in [4.78, 5) is 48.3. The normalized spacial score (nSPS) is 17.3. The molecule has 1 aromatic heterocycles. The number of aliphatic carboxylic acids is 1. The second kappa shape index (κ2) is 24.2. The molecule has 5 rings (SSSR count). The first-order valence-corrected chi connectivity index (χ1v) is 26.8. The number of hydrogen-bond donors (Lipinski definition) is 7. The minimum atomic E-state index is -4.47. The van der Waals surface area contributed by atoms with E-state index in [0.717, 1.165) is 57.2 Å². The topological polar surface area (TPSA) is 264 Å². The smallest absolute Gasteiger partial charge is 0.350 e. The number of nitrogens with one attached hydrogen (secondary N) is 4. The fourth-order valence-corrected chi connectivity index (χ4v) is 10.1. The molecule has 0 aliphatic carbocycles. The van der Waals surface area contributed by atoms with Crippen molar-refractivity contribution in [1.82, 2.24) is 20.3 Å². The van der Waals surface area contributed by atoms with Crippen LogP contribution in [0.25, 0.3) is 0 Å². The van der Waals surface area contributed by atoms with Gasteiger partial charge in [0, 0.05) is 79.9 Å². The van der Waals surface area contributed by atoms with E-state index >= 15 is 0 Å². The molecule has 0 fully saturated rings. The molecule has 376 valence electrons. The van der Waals surface area contributed by atoms with Crippen LogP contribution in [0.3, 0.4) is 0 Å². The summed E-state index contributed by atoms with van der Waals surface area (Å²) in [6.45, 7) is 12.9. The van der Waals surface area contributed by atoms with Gasteiger partial charge in [-0.1, -0.05) is 62.1 Å². The predicted molar refractivity (Wildman–Crippen MR) is 269 cm³/mol. The standard InChI is InChI=1S/C49H68N8O10S2/c1-6-30-56-40-24-22-35(2)33-38(40)49(5,26-14-8-12-20-43(58)50-28-16-29-52-46-53-45(54-47(61)55-46)51-27-15-9-13-21-44(59)60)42(56)19-11-7-10-18-41-48(3,4)37-34-36(69(65,66)67)23-25-39(37)57(41)31-17-32-68(62,63)64/h7,10-11,18-19,22-25,33-34H,6,8-9,12-17,20-21,26-32H2,1-5H3,(H6-,50,51,52,53,54,55,58,59,60,61,62,63,64,65,66,67)/p+1. The van der Waals surface area contributed by atoms with E-state index in [-0.39, 0.29) is 47.5 Å². The van der Waals surface area contributed by atoms with Crippen LogP contribution in [0.15, 0.2) is 82.2 Å². The molecule has 3 heterocycles. The Morgan fingerprint density at radius 1 is 0.841 bits per heavy atom. The largest absolute Gasteiger partial charge is 0.481 e. The lowest BCUT2D eigenvalue weighted by molar-refractivity contribution is -0.437. The molecule has 18 nitrogen and oxygen atoms in total. The number of aryl methyl sites for hydroxylation is 1. The lowest BCUT2D eigenvalue weighted by Crippen LogP contribution is -2.29. The van der Waals surface area contributed by atoms with E-state index in [1.54, 1.807) is 6.07 Å². The van der Waals surface area contributed by atoms with Gasteiger partial charge in [0.1, 0.15) is 6.54 Å². The number of carbonyl (C=O) groups is 2. The third kappa shape index (κ3) is 15.1. The minimum Gasteiger partial charge on any atom is -0.481 e. The molecular formula is C49H69N8O10S2+. The number of rotatable bonds is 28. The lowest BCUT2D eigenvalue weighted by atomic mass is 9.76. The van der Waals surface area contributed by atoms with Crippen LogP contribution < -0.4 is 26.5 Å². The van der Waals surface area contributed by atoms with Crippen LogP contribution in [-0.2, 0) is 40.7 Å². The van der Waals surface area contributed by atoms with Crippen LogP contribution in [0.5, 0.6) is 0 Å². The number of carboxylic acid groups (broad SMARTS) is 1. The van der Waals surface area contributed by atoms with Crippen molar-refractivity contribution < 1.29 is 45.2 Å². The van der Waals surface area contributed by atoms with Gasteiger partial charge in [-0.25, -0.2) is 4.79 Å². The number of hydrogen-bond acceptors (Lipinski definition) is 12. The molecule has 20 heteroatoms. The van der Waals surface area contributed by atoms with Crippen LogP contribution in [0.4, 0.5) is 23.3 Å². The van der Waals surface area contributed by atoms with Crippen molar-refractivity contribution in [3.05, 3.63) is 99.6 Å². The van der Waals surface area contributed by atoms with Gasteiger partial charge in [-0.15, -0.1) is 0 Å². The number of nitrogens with zero attached hydrogens (tertiary/aromatic N) is 4. The number of allylic oxidation sites excluding steroid dienone is 6. The quantitative estimate of drug-likeness (QED) is 0.0164. The van der Waals surface area contributed by atoms with Gasteiger partial charge in [-0.2, -0.15) is 31.4 Å². The number of anilines is 3. The molecule has 69 heavy (non-hydrogen) atoms. The maximum atomic E-state index is 12.8. The van der Waals surface area contributed by atoms with E-state index in [1.165, 1.54) is 34.6 Å². The van der Waals surface area contributed by atoms with E-state index in [0.29, 0.717) is 50.1 Å². The van der Waals surface area contributed by atoms with Crippen molar-refractivity contribution in [2.24, 2.45) is 0 Å². The summed E-state index contributed by atoms with van der Waals surface area (Å²) < 4.78 is 68.4. The van der Waals surface area contributed by atoms with Gasteiger partial charge in [0.25, 0.3) is 20.2 Å². The summed E-state index contributed by atoms with van der Waals surface area (Å²) in [6.07, 6.45) is 17.6. The number of aromatic nitrogens is 3. The molecule has 0 spiro atoms. The molecule has 7 N–H and O–H groups in total. The van der Waals surface area contributed by atoms with Crippen molar-refractivity contribution in [2.75, 3.05) is 54.0 Å². The SMILES string of the molecule is CCCN1C(=CC=CC=CC2=[N+](CCCS(=O)(=O)O)c3ccc(S(=O)(=O)O)cc3C2(C)C)C(C)(CCCCCC(=O)NCCCNc2nc(NCCCCCC(=O)O)[nH]c(=O)n2)c2cc(C)ccc21. The summed E-state index contributed by atoms with van der Waals surface area (Å²) in [5.74, 6) is -0.819. The van der Waals surface area contributed by atoms with E-state index in [4.69, 9.17) is 5.11 Å². The Labute approximate surface area is 406 Å². The molecule has 2 aliphatic rings. The molecule has 1 unspecified atom stereocenters. The van der Waals surface area contributed by atoms with Crippen molar-refractivity contribution in [3.63, 3.8) is 0 Å². The minimum absolute atomic E-state index is 0.0229. The molecule has 1 amide bonds. The highest BCUT2D eigenvalue weighted by molar-refractivity contribution is 7.86. The molecule has 0 radical (unpaired) electrons. The maximum Gasteiger partial charge on any atom is 0.350 e. The van der Waals surface area contributed by atoms with Gasteiger partial charge in [0.05, 0.1) is 16.1 Å². The zero-order valence-corrected chi connectivity index (χ0v) is 42.0. The Morgan fingerprint density at radius 3 is 2.30 bits per heavy atom. The monoisotopic (exact) mass is 993 g/mol. The van der Waals surface area contributed by atoms with Crippen LogP contribution >= 0.6 is 0 Å². The number of fused-ring (bicyclic) bond motifs is 2. The molecule has 1 atom stereocenters. The van der Waals surface area contributed by atoms with E-state index in [9.17, 15) is 40.3 Å². The van der Waals surface area contributed by atoms with Crippen LogP contribution in [0.2, 0.25) is 0 Å². The average Bonchev–Trinajstić information content (AvgIpc) is 3.61. The second-order valence-electron chi connectivity index (χ2n) is 18.4. The second-order valence-corrected chi connectivity index (χ2v) is 21.4. The Bertz CT molecular complexity index is 2730. The van der Waals surface area contributed by atoms with Gasteiger partial charge >= 0.3 is 11.7 Å². The van der Waals surface area contributed by atoms with Gasteiger partial charge in [0.2, 0.25) is 23.5 Å². The zero-order valence-electron chi connectivity index (χ0n) is 40.4. The molecule has 2 aromatic carbocycles. The van der Waals surface area contributed by atoms with E-state index in [1.807, 2.05) is 42.7 Å². The number of aromatic amines is 1. The maximum absolute atomic E-state index is 12.8. The molecule has 2 aliphatic heterocycles. The number of unbranched alkanes of at least 4 members (excludes halogenated alkanes) is 4. The Balaban J connectivity index is 1.18. The van der Waals surface area contributed by atoms with Crippen molar-refractivity contribution in [2.45, 2.75) is 127 Å². The highest BCUT2D eigenvalue weighted by Crippen LogP contribution is 2.51. The first-order chi connectivity index (χ1) is 32.6. The first kappa shape index (κ1) is 54.2. The number of carboxylic acids is 1. The third-order valence-corrected chi connectivity index (χ3v) is 14.2. The average molecular weight is 994 g/mol. The Hall–Kier alpha value is -5.70. The summed E-state index contributed by atoms with van der Waals surface area (Å²) in [6, 6.07) is 11.0. The summed E-state index contributed by atoms with van der Waals surface area (Å²) in [5.41, 5.74) is 5.39. The van der Waals surface area contributed by atoms with Crippen LogP contribution in [-0.4, -0.2) is 107 Å². The van der Waals surface area contributed by atoms with Crippen molar-refractivity contribution >= 4 is 61.1 Å². The fraction of sp³-hybridized carbons (Fsp3) is 0.510. The first-order valence-electron chi connectivity index (χ1n) is 23.7. The van der Waals surface area contributed by atoms with E-state index in [2.05, 4.69) is 80.8 Å². The number of amides is 1. The molecule has 0 bridgehead atoms. The van der Waals surface area contributed by atoms with Crippen LogP contribution in [0, 0.1) is 6.92 Å². The highest BCUT2D eigenvalue weighted by Gasteiger charge is 2.45. The highest BCUT2D eigenvalue weighted by atomic mass is 32.2. The summed E-state index contributed by atoms with van der Waals surface area (Å²) in [5, 5.41) is 17.8. The predicted octanol–water partition coefficient (Wildman–Crippen LogP) is 7.18. The number of benzene rings is 2. The summed E-state index contributed by atoms with van der Waals surface area (Å²) in [7, 11) is -8.66. The Kier molecular flexibility index (Phi) is 19.0. The van der Waals surface area contributed by atoms with Gasteiger partial charge < -0.3 is 26.0 Å². The van der Waals surface area contributed by atoms with E-state index < -0.39 is 43.1 Å². The number of H-pyrrole nitrogens is 1. The molecule has 0 saturated heterocycles. The number of carbonyl (C=O) groups excluding carboxylic acids is 1. The van der Waals surface area contributed by atoms with Crippen molar-refractivity contribution in [1.29, 1.82) is 0 Å². The zero-order chi connectivity index (χ0) is 50.4. The fourth-order valence-electron chi connectivity index (χ4n) is 9.09. The molecule has 0 saturated carbocycles. The third-order valence-electron chi connectivity index (χ3n) is 12.6. The lowest BCUT2D eigenvalue weighted by Gasteiger charge is -2.30. The van der Waals surface area contributed by atoms with Crippen molar-refractivity contribution in [3.8, 4) is 0 Å². The van der Waals surface area contributed by atoms with Gasteiger partial charge in [0.15, 0.2) is 5.71 Å². The molecular weight excluding hydrogens is 925 g/mol. The van der Waals surface area contributed by atoms with Gasteiger partial charge in [-0.3, -0.25) is 23.7 Å². The molecule has 3 aromatic rings. The van der Waals surface area contributed by atoms with Gasteiger partial charge in [-0.05, 0) is 96.1 Å². The van der Waals surface area contributed by atoms with Crippen LogP contribution in [0.1, 0.15) is 121 Å².